The summed E-state index contributed by atoms with van der Waals surface area (Å²) in [5.41, 5.74) is 4.62. The molecule has 0 aliphatic rings. The zero-order chi connectivity index (χ0) is 13.6. The maximum Gasteiger partial charge on any atom is 0.247 e. The van der Waals surface area contributed by atoms with Crippen LogP contribution in [0, 0.1) is 0 Å². The Bertz CT molecular complexity index is 279. The number of primary amides is 1. The van der Waals surface area contributed by atoms with Gasteiger partial charge in [-0.3, -0.25) is 9.59 Å². The average molecular weight is 245 g/mol. The van der Waals surface area contributed by atoms with Gasteiger partial charge in [0.25, 0.3) is 0 Å². The molecule has 0 aromatic heterocycles. The number of amides is 2. The molecule has 0 aromatic rings. The van der Waals surface area contributed by atoms with Crippen LogP contribution >= 0.6 is 0 Å². The molecule has 0 saturated heterocycles. The summed E-state index contributed by atoms with van der Waals surface area (Å²) in [7, 11) is 0. The third-order valence-corrected chi connectivity index (χ3v) is 2.68. The summed E-state index contributed by atoms with van der Waals surface area (Å²) < 4.78 is 0. The van der Waals surface area contributed by atoms with E-state index in [-0.39, 0.29) is 18.0 Å². The molecule has 0 bridgehead atoms. The van der Waals surface area contributed by atoms with Crippen LogP contribution < -0.4 is 16.4 Å². The lowest BCUT2D eigenvalue weighted by molar-refractivity contribution is -0.127. The highest BCUT2D eigenvalue weighted by atomic mass is 16.3. The lowest BCUT2D eigenvalue weighted by Gasteiger charge is -2.27. The van der Waals surface area contributed by atoms with E-state index in [0.717, 1.165) is 6.42 Å². The molecule has 0 aliphatic heterocycles. The second-order valence-corrected chi connectivity index (χ2v) is 4.77. The second kappa shape index (κ2) is 6.56. The summed E-state index contributed by atoms with van der Waals surface area (Å²) in [6.45, 7) is 7.46. The topological polar surface area (TPSA) is 104 Å². The van der Waals surface area contributed by atoms with Gasteiger partial charge in [0.2, 0.25) is 11.8 Å². The summed E-state index contributed by atoms with van der Waals surface area (Å²) in [6.07, 6.45) is -0.459. The van der Waals surface area contributed by atoms with E-state index in [1.165, 1.54) is 0 Å². The molecule has 2 unspecified atom stereocenters. The van der Waals surface area contributed by atoms with Crippen molar-refractivity contribution >= 4 is 11.8 Å². The second-order valence-electron chi connectivity index (χ2n) is 4.77. The zero-order valence-corrected chi connectivity index (χ0v) is 10.9. The Morgan fingerprint density at radius 1 is 1.41 bits per heavy atom. The molecule has 0 spiro atoms. The van der Waals surface area contributed by atoms with Crippen molar-refractivity contribution in [3.8, 4) is 0 Å². The zero-order valence-electron chi connectivity index (χ0n) is 10.9. The van der Waals surface area contributed by atoms with E-state index in [9.17, 15) is 9.59 Å². The van der Waals surface area contributed by atoms with E-state index in [4.69, 9.17) is 10.8 Å². The quantitative estimate of drug-likeness (QED) is 0.467. The van der Waals surface area contributed by atoms with Crippen LogP contribution in [0.4, 0.5) is 0 Å². The van der Waals surface area contributed by atoms with Crippen LogP contribution in [0.1, 0.15) is 34.1 Å². The largest absolute Gasteiger partial charge is 0.382 e. The first-order chi connectivity index (χ1) is 7.69. The first-order valence-corrected chi connectivity index (χ1v) is 5.72. The van der Waals surface area contributed by atoms with Crippen molar-refractivity contribution in [1.82, 2.24) is 10.6 Å². The van der Waals surface area contributed by atoms with Gasteiger partial charge in [0.15, 0.2) is 0 Å². The normalized spacial score (nSPS) is 15.1. The smallest absolute Gasteiger partial charge is 0.247 e. The first kappa shape index (κ1) is 15.9. The highest BCUT2D eigenvalue weighted by Crippen LogP contribution is 2.06. The van der Waals surface area contributed by atoms with Gasteiger partial charge in [0.1, 0.15) is 6.10 Å². The summed E-state index contributed by atoms with van der Waals surface area (Å²) in [5.74, 6) is -0.979. The van der Waals surface area contributed by atoms with Gasteiger partial charge in [0.05, 0.1) is 6.04 Å². The number of nitrogens with two attached hydrogens (primary N) is 1. The fraction of sp³-hybridized carbons (Fsp3) is 0.818. The molecule has 17 heavy (non-hydrogen) atoms. The first-order valence-electron chi connectivity index (χ1n) is 5.72. The minimum atomic E-state index is -1.27. The Balaban J connectivity index is 4.11. The summed E-state index contributed by atoms with van der Waals surface area (Å²) in [5, 5.41) is 14.8. The van der Waals surface area contributed by atoms with Gasteiger partial charge in [-0.25, -0.2) is 0 Å². The number of aliphatic hydroxyl groups is 1. The molecule has 0 aliphatic carbocycles. The molecule has 0 rings (SSSR count). The predicted octanol–water partition coefficient (Wildman–Crippen LogP) is -0.884. The Kier molecular flexibility index (Phi) is 6.12. The van der Waals surface area contributed by atoms with Crippen LogP contribution in [0.2, 0.25) is 0 Å². The Labute approximate surface area is 102 Å². The number of hydrogen-bond acceptors (Lipinski definition) is 4. The maximum atomic E-state index is 11.7. The van der Waals surface area contributed by atoms with Crippen LogP contribution in [0.15, 0.2) is 0 Å². The molecule has 0 fully saturated rings. The van der Waals surface area contributed by atoms with Gasteiger partial charge in [0, 0.05) is 12.1 Å². The number of carbonyl (C=O) groups is 2. The number of hydrogen-bond donors (Lipinski definition) is 4. The molecule has 0 aromatic carbocycles. The molecule has 0 radical (unpaired) electrons. The number of rotatable bonds is 7. The minimum Gasteiger partial charge on any atom is -0.382 e. The average Bonchev–Trinajstić information content (AvgIpc) is 2.24. The minimum absolute atomic E-state index is 0.0313. The van der Waals surface area contributed by atoms with Crippen LogP contribution in [0.3, 0.4) is 0 Å². The third-order valence-electron chi connectivity index (χ3n) is 2.68. The van der Waals surface area contributed by atoms with Crippen LogP contribution in [-0.4, -0.2) is 41.2 Å². The van der Waals surface area contributed by atoms with Gasteiger partial charge in [-0.15, -0.1) is 0 Å². The van der Waals surface area contributed by atoms with Gasteiger partial charge < -0.3 is 21.5 Å². The van der Waals surface area contributed by atoms with Crippen LogP contribution in [-0.2, 0) is 9.59 Å². The number of aliphatic hydroxyl groups excluding tert-OH is 1. The third kappa shape index (κ3) is 6.23. The predicted molar refractivity (Wildman–Crippen MR) is 65.2 cm³/mol. The van der Waals surface area contributed by atoms with E-state index in [1.54, 1.807) is 6.92 Å². The van der Waals surface area contributed by atoms with Crippen molar-refractivity contribution in [2.24, 2.45) is 5.73 Å². The summed E-state index contributed by atoms with van der Waals surface area (Å²) in [4.78, 5) is 22.3. The molecule has 0 heterocycles. The highest BCUT2D eigenvalue weighted by Gasteiger charge is 2.22. The summed E-state index contributed by atoms with van der Waals surface area (Å²) in [6, 6.07) is -0.491. The van der Waals surface area contributed by atoms with Crippen molar-refractivity contribution in [3.63, 3.8) is 0 Å². The monoisotopic (exact) mass is 245 g/mol. The SMILES string of the molecule is CCC(C)(C)NC(=O)C(C)NCC(O)C(N)=O. The van der Waals surface area contributed by atoms with E-state index in [1.807, 2.05) is 20.8 Å². The van der Waals surface area contributed by atoms with E-state index < -0.39 is 18.1 Å². The Morgan fingerprint density at radius 2 is 1.94 bits per heavy atom. The lowest BCUT2D eigenvalue weighted by Crippen LogP contribution is -2.52. The molecule has 5 N–H and O–H groups in total. The maximum absolute atomic E-state index is 11.7. The summed E-state index contributed by atoms with van der Waals surface area (Å²) >= 11 is 0. The lowest BCUT2D eigenvalue weighted by atomic mass is 10.0. The molecule has 6 heteroatoms. The standard InChI is InChI=1S/C11H23N3O3/c1-5-11(3,4)14-10(17)7(2)13-6-8(15)9(12)16/h7-8,13,15H,5-6H2,1-4H3,(H2,12,16)(H,14,17). The number of nitrogens with one attached hydrogen (secondary N) is 2. The van der Waals surface area contributed by atoms with Crippen LogP contribution in [0.5, 0.6) is 0 Å². The Morgan fingerprint density at radius 3 is 2.35 bits per heavy atom. The van der Waals surface area contributed by atoms with Crippen molar-refractivity contribution in [2.45, 2.75) is 51.8 Å². The fourth-order valence-electron chi connectivity index (χ4n) is 1.01. The molecule has 6 nitrogen and oxygen atoms in total. The van der Waals surface area contributed by atoms with Gasteiger partial charge in [-0.2, -0.15) is 0 Å². The Hall–Kier alpha value is -1.14. The fourth-order valence-corrected chi connectivity index (χ4v) is 1.01. The molecular formula is C11H23N3O3. The van der Waals surface area contributed by atoms with Crippen molar-refractivity contribution in [2.75, 3.05) is 6.54 Å². The van der Waals surface area contributed by atoms with E-state index in [2.05, 4.69) is 10.6 Å². The van der Waals surface area contributed by atoms with E-state index in [0.29, 0.717) is 0 Å². The molecule has 100 valence electrons. The molecular weight excluding hydrogens is 222 g/mol. The highest BCUT2D eigenvalue weighted by molar-refractivity contribution is 5.82. The van der Waals surface area contributed by atoms with Gasteiger partial charge in [-0.1, -0.05) is 6.92 Å². The van der Waals surface area contributed by atoms with Crippen molar-refractivity contribution in [3.05, 3.63) is 0 Å². The van der Waals surface area contributed by atoms with Gasteiger partial charge in [-0.05, 0) is 27.2 Å². The van der Waals surface area contributed by atoms with Gasteiger partial charge >= 0.3 is 0 Å². The molecule has 2 amide bonds. The van der Waals surface area contributed by atoms with Crippen molar-refractivity contribution in [1.29, 1.82) is 0 Å². The molecule has 2 atom stereocenters. The number of carbonyl (C=O) groups excluding carboxylic acids is 2. The molecule has 0 saturated carbocycles. The van der Waals surface area contributed by atoms with Crippen LogP contribution in [0.25, 0.3) is 0 Å². The van der Waals surface area contributed by atoms with Crippen molar-refractivity contribution < 1.29 is 14.7 Å². The van der Waals surface area contributed by atoms with E-state index >= 15 is 0 Å².